The Kier molecular flexibility index (Phi) is 4.50. The highest BCUT2D eigenvalue weighted by atomic mass is 16.3. The zero-order chi connectivity index (χ0) is 14.9. The average molecular weight is 277 g/mol. The Balaban J connectivity index is 2.23. The van der Waals surface area contributed by atoms with E-state index in [2.05, 4.69) is 26.8 Å². The maximum atomic E-state index is 11.3. The molecule has 2 aliphatic rings. The van der Waals surface area contributed by atoms with Gasteiger partial charge in [0.15, 0.2) is 0 Å². The van der Waals surface area contributed by atoms with Gasteiger partial charge >= 0.3 is 0 Å². The van der Waals surface area contributed by atoms with Crippen molar-refractivity contribution in [2.75, 3.05) is 0 Å². The fourth-order valence-electron chi connectivity index (χ4n) is 4.50. The third-order valence-electron chi connectivity index (χ3n) is 6.19. The monoisotopic (exact) mass is 277 g/mol. The van der Waals surface area contributed by atoms with Crippen molar-refractivity contribution in [1.29, 1.82) is 5.26 Å². The summed E-state index contributed by atoms with van der Waals surface area (Å²) in [6, 6.07) is 2.60. The quantitative estimate of drug-likeness (QED) is 0.735. The number of hydrogen-bond donors (Lipinski definition) is 1. The standard InChI is InChI=1S/C18H31NO/c1-4-15-7-5-9-17(13-15,14-19)18(20)10-6-8-16(2,3)11-12-18/h15,20H,4-13H2,1-3H3. The first-order chi connectivity index (χ1) is 9.36. The van der Waals surface area contributed by atoms with Gasteiger partial charge in [-0.3, -0.25) is 0 Å². The van der Waals surface area contributed by atoms with E-state index >= 15 is 0 Å². The highest BCUT2D eigenvalue weighted by Gasteiger charge is 2.53. The fraction of sp³-hybridized carbons (Fsp3) is 0.944. The average Bonchev–Trinajstić information content (AvgIpc) is 2.58. The molecule has 2 rings (SSSR count). The summed E-state index contributed by atoms with van der Waals surface area (Å²) in [7, 11) is 0. The molecule has 0 aromatic heterocycles. The molecular weight excluding hydrogens is 246 g/mol. The van der Waals surface area contributed by atoms with Gasteiger partial charge in [-0.1, -0.05) is 46.5 Å². The summed E-state index contributed by atoms with van der Waals surface area (Å²) in [6.45, 7) is 6.82. The summed E-state index contributed by atoms with van der Waals surface area (Å²) in [5, 5.41) is 21.2. The van der Waals surface area contributed by atoms with Crippen molar-refractivity contribution >= 4 is 0 Å². The molecule has 20 heavy (non-hydrogen) atoms. The molecule has 2 heteroatoms. The zero-order valence-corrected chi connectivity index (χ0v) is 13.5. The molecule has 0 spiro atoms. The van der Waals surface area contributed by atoms with E-state index in [0.717, 1.165) is 51.4 Å². The minimum absolute atomic E-state index is 0.319. The van der Waals surface area contributed by atoms with Gasteiger partial charge in [-0.05, 0) is 49.9 Å². The second-order valence-corrected chi connectivity index (χ2v) is 8.11. The van der Waals surface area contributed by atoms with Gasteiger partial charge in [0.1, 0.15) is 0 Å². The number of rotatable bonds is 2. The van der Waals surface area contributed by atoms with E-state index in [1.54, 1.807) is 0 Å². The van der Waals surface area contributed by atoms with Crippen molar-refractivity contribution < 1.29 is 5.11 Å². The molecule has 0 bridgehead atoms. The van der Waals surface area contributed by atoms with Crippen LogP contribution >= 0.6 is 0 Å². The summed E-state index contributed by atoms with van der Waals surface area (Å²) < 4.78 is 0. The molecule has 2 fully saturated rings. The Morgan fingerprint density at radius 1 is 1.10 bits per heavy atom. The van der Waals surface area contributed by atoms with E-state index in [0.29, 0.717) is 11.3 Å². The maximum Gasteiger partial charge on any atom is 0.0862 e. The topological polar surface area (TPSA) is 44.0 Å². The van der Waals surface area contributed by atoms with Gasteiger partial charge in [-0.2, -0.15) is 5.26 Å². The predicted octanol–water partition coefficient (Wildman–Crippen LogP) is 4.82. The lowest BCUT2D eigenvalue weighted by molar-refractivity contribution is -0.0935. The summed E-state index contributed by atoms with van der Waals surface area (Å²) in [5.41, 5.74) is -0.907. The Bertz CT molecular complexity index is 383. The third-order valence-corrected chi connectivity index (χ3v) is 6.19. The molecule has 0 radical (unpaired) electrons. The highest BCUT2D eigenvalue weighted by Crippen LogP contribution is 2.53. The molecule has 0 heterocycles. The van der Waals surface area contributed by atoms with E-state index in [4.69, 9.17) is 0 Å². The first kappa shape index (κ1) is 15.8. The smallest absolute Gasteiger partial charge is 0.0862 e. The SMILES string of the molecule is CCC1CCCC(C#N)(C2(O)CCCC(C)(C)CC2)C1. The van der Waals surface area contributed by atoms with E-state index in [1.807, 2.05) is 0 Å². The Hall–Kier alpha value is -0.550. The summed E-state index contributed by atoms with van der Waals surface area (Å²) in [6.07, 6.45) is 10.2. The van der Waals surface area contributed by atoms with Crippen molar-refractivity contribution in [1.82, 2.24) is 0 Å². The minimum atomic E-state index is -0.747. The Morgan fingerprint density at radius 2 is 1.85 bits per heavy atom. The minimum Gasteiger partial charge on any atom is -0.388 e. The summed E-state index contributed by atoms with van der Waals surface area (Å²) in [4.78, 5) is 0. The van der Waals surface area contributed by atoms with Crippen molar-refractivity contribution in [2.45, 2.75) is 90.6 Å². The van der Waals surface area contributed by atoms with Gasteiger partial charge in [0, 0.05) is 0 Å². The summed E-state index contributed by atoms with van der Waals surface area (Å²) in [5.74, 6) is 0.628. The van der Waals surface area contributed by atoms with Crippen molar-refractivity contribution in [3.63, 3.8) is 0 Å². The van der Waals surface area contributed by atoms with Crippen LogP contribution in [0.15, 0.2) is 0 Å². The first-order valence-corrected chi connectivity index (χ1v) is 8.50. The fourth-order valence-corrected chi connectivity index (χ4v) is 4.50. The molecule has 0 aromatic rings. The molecule has 2 aliphatic carbocycles. The van der Waals surface area contributed by atoms with E-state index in [1.165, 1.54) is 12.8 Å². The number of aliphatic hydroxyl groups is 1. The number of nitrogens with zero attached hydrogens (tertiary/aromatic N) is 1. The van der Waals surface area contributed by atoms with E-state index in [-0.39, 0.29) is 0 Å². The van der Waals surface area contributed by atoms with Crippen LogP contribution in [-0.2, 0) is 0 Å². The normalized spacial score (nSPS) is 41.6. The van der Waals surface area contributed by atoms with E-state index in [9.17, 15) is 10.4 Å². The van der Waals surface area contributed by atoms with Crippen LogP contribution in [0.4, 0.5) is 0 Å². The van der Waals surface area contributed by atoms with Crippen LogP contribution in [-0.4, -0.2) is 10.7 Å². The van der Waals surface area contributed by atoms with Crippen molar-refractivity contribution in [3.8, 4) is 6.07 Å². The first-order valence-electron chi connectivity index (χ1n) is 8.50. The van der Waals surface area contributed by atoms with Crippen LogP contribution in [0.5, 0.6) is 0 Å². The molecule has 0 amide bonds. The Morgan fingerprint density at radius 3 is 2.50 bits per heavy atom. The van der Waals surface area contributed by atoms with Gasteiger partial charge in [0.25, 0.3) is 0 Å². The molecule has 1 N–H and O–H groups in total. The maximum absolute atomic E-state index is 11.3. The molecule has 2 nitrogen and oxygen atoms in total. The number of nitriles is 1. The molecule has 0 aromatic carbocycles. The lowest BCUT2D eigenvalue weighted by Gasteiger charge is -2.47. The van der Waals surface area contributed by atoms with Crippen LogP contribution in [0.2, 0.25) is 0 Å². The second-order valence-electron chi connectivity index (χ2n) is 8.11. The number of hydrogen-bond acceptors (Lipinski definition) is 2. The van der Waals surface area contributed by atoms with Crippen LogP contribution in [0.3, 0.4) is 0 Å². The lowest BCUT2D eigenvalue weighted by atomic mass is 9.58. The molecule has 0 aliphatic heterocycles. The van der Waals surface area contributed by atoms with Crippen LogP contribution < -0.4 is 0 Å². The van der Waals surface area contributed by atoms with Crippen LogP contribution in [0.1, 0.15) is 85.0 Å². The molecule has 2 saturated carbocycles. The molecule has 3 atom stereocenters. The molecule has 3 unspecified atom stereocenters. The molecule has 114 valence electrons. The van der Waals surface area contributed by atoms with Gasteiger partial charge in [-0.15, -0.1) is 0 Å². The van der Waals surface area contributed by atoms with Crippen LogP contribution in [0.25, 0.3) is 0 Å². The Labute approximate surface area is 124 Å². The third kappa shape index (κ3) is 2.89. The molecule has 0 saturated heterocycles. The van der Waals surface area contributed by atoms with Gasteiger partial charge in [0.2, 0.25) is 0 Å². The van der Waals surface area contributed by atoms with E-state index < -0.39 is 11.0 Å². The van der Waals surface area contributed by atoms with Gasteiger partial charge < -0.3 is 5.11 Å². The van der Waals surface area contributed by atoms with Crippen molar-refractivity contribution in [3.05, 3.63) is 0 Å². The lowest BCUT2D eigenvalue weighted by Crippen LogP contribution is -2.50. The highest BCUT2D eigenvalue weighted by molar-refractivity contribution is 5.14. The second kappa shape index (κ2) is 5.68. The summed E-state index contributed by atoms with van der Waals surface area (Å²) >= 11 is 0. The van der Waals surface area contributed by atoms with Crippen molar-refractivity contribution in [2.24, 2.45) is 16.7 Å². The largest absolute Gasteiger partial charge is 0.388 e. The molecular formula is C18H31NO. The predicted molar refractivity (Wildman–Crippen MR) is 82.1 cm³/mol. The van der Waals surface area contributed by atoms with Gasteiger partial charge in [0.05, 0.1) is 17.1 Å². The van der Waals surface area contributed by atoms with Crippen LogP contribution in [0, 0.1) is 28.1 Å². The zero-order valence-electron chi connectivity index (χ0n) is 13.5. The van der Waals surface area contributed by atoms with Gasteiger partial charge in [-0.25, -0.2) is 0 Å².